The SMILES string of the molecule is CCNC(CCc1cnn(C)c1)CC(C)C. The Balaban J connectivity index is 2.36. The number of nitrogens with one attached hydrogen (secondary N) is 1. The Bertz CT molecular complexity index is 291. The molecule has 0 fully saturated rings. The van der Waals surface area contributed by atoms with Gasteiger partial charge in [0, 0.05) is 19.3 Å². The summed E-state index contributed by atoms with van der Waals surface area (Å²) >= 11 is 0. The van der Waals surface area contributed by atoms with Crippen molar-refractivity contribution in [1.82, 2.24) is 15.1 Å². The van der Waals surface area contributed by atoms with Crippen LogP contribution in [0, 0.1) is 5.92 Å². The lowest BCUT2D eigenvalue weighted by Crippen LogP contribution is -2.30. The fourth-order valence-corrected chi connectivity index (χ4v) is 2.10. The van der Waals surface area contributed by atoms with E-state index in [1.54, 1.807) is 0 Å². The Hall–Kier alpha value is -0.830. The Morgan fingerprint density at radius 1 is 1.44 bits per heavy atom. The minimum Gasteiger partial charge on any atom is -0.314 e. The van der Waals surface area contributed by atoms with E-state index < -0.39 is 0 Å². The number of hydrogen-bond donors (Lipinski definition) is 1. The first-order valence-electron chi connectivity index (χ1n) is 6.32. The molecule has 0 aliphatic rings. The Kier molecular flexibility index (Phi) is 5.53. The van der Waals surface area contributed by atoms with Crippen molar-refractivity contribution in [1.29, 1.82) is 0 Å². The summed E-state index contributed by atoms with van der Waals surface area (Å²) in [6.45, 7) is 7.81. The smallest absolute Gasteiger partial charge is 0.0521 e. The molecule has 3 heteroatoms. The minimum atomic E-state index is 0.644. The van der Waals surface area contributed by atoms with Gasteiger partial charge < -0.3 is 5.32 Å². The predicted molar refractivity (Wildman–Crippen MR) is 68.4 cm³/mol. The van der Waals surface area contributed by atoms with E-state index in [9.17, 15) is 0 Å². The van der Waals surface area contributed by atoms with Gasteiger partial charge in [-0.25, -0.2) is 0 Å². The molecule has 0 spiro atoms. The summed E-state index contributed by atoms with van der Waals surface area (Å²) in [4.78, 5) is 0. The lowest BCUT2D eigenvalue weighted by molar-refractivity contribution is 0.405. The Labute approximate surface area is 99.2 Å². The van der Waals surface area contributed by atoms with E-state index in [0.717, 1.165) is 18.9 Å². The van der Waals surface area contributed by atoms with Crippen LogP contribution in [-0.2, 0) is 13.5 Å². The van der Waals surface area contributed by atoms with Crippen molar-refractivity contribution in [3.8, 4) is 0 Å². The van der Waals surface area contributed by atoms with Crippen molar-refractivity contribution in [3.05, 3.63) is 18.0 Å². The molecular formula is C13H25N3. The third-order valence-corrected chi connectivity index (χ3v) is 2.79. The second kappa shape index (κ2) is 6.69. The minimum absolute atomic E-state index is 0.644. The van der Waals surface area contributed by atoms with Crippen LogP contribution in [-0.4, -0.2) is 22.4 Å². The van der Waals surface area contributed by atoms with Crippen LogP contribution in [0.1, 0.15) is 39.2 Å². The van der Waals surface area contributed by atoms with E-state index in [0.29, 0.717) is 6.04 Å². The van der Waals surface area contributed by atoms with Crippen molar-refractivity contribution in [2.45, 2.75) is 46.1 Å². The molecule has 0 saturated carbocycles. The summed E-state index contributed by atoms with van der Waals surface area (Å²) < 4.78 is 1.88. The summed E-state index contributed by atoms with van der Waals surface area (Å²) in [5.41, 5.74) is 1.34. The van der Waals surface area contributed by atoms with Crippen molar-refractivity contribution < 1.29 is 0 Å². The molecule has 1 aromatic rings. The number of nitrogens with zero attached hydrogens (tertiary/aromatic N) is 2. The van der Waals surface area contributed by atoms with E-state index in [2.05, 4.69) is 37.4 Å². The van der Waals surface area contributed by atoms with E-state index in [4.69, 9.17) is 0 Å². The topological polar surface area (TPSA) is 29.9 Å². The largest absolute Gasteiger partial charge is 0.314 e. The van der Waals surface area contributed by atoms with Gasteiger partial charge in [-0.15, -0.1) is 0 Å². The molecule has 1 N–H and O–H groups in total. The molecule has 92 valence electrons. The number of aryl methyl sites for hydroxylation is 2. The van der Waals surface area contributed by atoms with Crippen molar-refractivity contribution in [2.24, 2.45) is 13.0 Å². The molecule has 1 unspecified atom stereocenters. The van der Waals surface area contributed by atoms with Gasteiger partial charge in [0.15, 0.2) is 0 Å². The third kappa shape index (κ3) is 4.79. The maximum absolute atomic E-state index is 4.20. The van der Waals surface area contributed by atoms with Crippen LogP contribution >= 0.6 is 0 Å². The van der Waals surface area contributed by atoms with Crippen LogP contribution in [0.5, 0.6) is 0 Å². The molecule has 1 heterocycles. The maximum Gasteiger partial charge on any atom is 0.0521 e. The quantitative estimate of drug-likeness (QED) is 0.769. The molecule has 1 rings (SSSR count). The standard InChI is InChI=1S/C13H25N3/c1-5-14-13(8-11(2)3)7-6-12-9-15-16(4)10-12/h9-11,13-14H,5-8H2,1-4H3. The van der Waals surface area contributed by atoms with Crippen LogP contribution in [0.2, 0.25) is 0 Å². The monoisotopic (exact) mass is 223 g/mol. The summed E-state index contributed by atoms with van der Waals surface area (Å²) in [5.74, 6) is 0.762. The lowest BCUT2D eigenvalue weighted by Gasteiger charge is -2.19. The van der Waals surface area contributed by atoms with Gasteiger partial charge in [0.05, 0.1) is 6.20 Å². The van der Waals surface area contributed by atoms with Gasteiger partial charge in [-0.3, -0.25) is 4.68 Å². The highest BCUT2D eigenvalue weighted by atomic mass is 15.2. The van der Waals surface area contributed by atoms with E-state index in [1.165, 1.54) is 18.4 Å². The highest BCUT2D eigenvalue weighted by molar-refractivity contribution is 5.03. The molecule has 1 atom stereocenters. The first-order valence-corrected chi connectivity index (χ1v) is 6.32. The molecule has 0 amide bonds. The molecule has 0 bridgehead atoms. The van der Waals surface area contributed by atoms with E-state index in [1.807, 2.05) is 17.9 Å². The molecule has 1 aromatic heterocycles. The molecule has 3 nitrogen and oxygen atoms in total. The second-order valence-electron chi connectivity index (χ2n) is 4.95. The zero-order valence-corrected chi connectivity index (χ0v) is 11.0. The van der Waals surface area contributed by atoms with Crippen LogP contribution < -0.4 is 5.32 Å². The van der Waals surface area contributed by atoms with Gasteiger partial charge in [0.2, 0.25) is 0 Å². The Morgan fingerprint density at radius 2 is 2.19 bits per heavy atom. The van der Waals surface area contributed by atoms with Crippen LogP contribution in [0.3, 0.4) is 0 Å². The molecule has 0 radical (unpaired) electrons. The molecule has 0 aliphatic carbocycles. The van der Waals surface area contributed by atoms with Crippen LogP contribution in [0.4, 0.5) is 0 Å². The van der Waals surface area contributed by atoms with Gasteiger partial charge in [0.1, 0.15) is 0 Å². The highest BCUT2D eigenvalue weighted by Crippen LogP contribution is 2.11. The van der Waals surface area contributed by atoms with E-state index >= 15 is 0 Å². The van der Waals surface area contributed by atoms with Gasteiger partial charge in [-0.1, -0.05) is 20.8 Å². The van der Waals surface area contributed by atoms with Gasteiger partial charge >= 0.3 is 0 Å². The summed E-state index contributed by atoms with van der Waals surface area (Å²) in [5, 5.41) is 7.76. The average molecular weight is 223 g/mol. The zero-order valence-electron chi connectivity index (χ0n) is 11.0. The number of hydrogen-bond acceptors (Lipinski definition) is 2. The lowest BCUT2D eigenvalue weighted by atomic mass is 9.98. The van der Waals surface area contributed by atoms with Gasteiger partial charge in [0.25, 0.3) is 0 Å². The summed E-state index contributed by atoms with van der Waals surface area (Å²) in [7, 11) is 1.97. The third-order valence-electron chi connectivity index (χ3n) is 2.79. The van der Waals surface area contributed by atoms with Crippen LogP contribution in [0.25, 0.3) is 0 Å². The van der Waals surface area contributed by atoms with Gasteiger partial charge in [-0.05, 0) is 37.3 Å². The molecule has 16 heavy (non-hydrogen) atoms. The Morgan fingerprint density at radius 3 is 2.69 bits per heavy atom. The summed E-state index contributed by atoms with van der Waals surface area (Å²) in [6.07, 6.45) is 7.67. The van der Waals surface area contributed by atoms with Crippen molar-refractivity contribution in [2.75, 3.05) is 6.54 Å². The zero-order chi connectivity index (χ0) is 12.0. The first-order chi connectivity index (χ1) is 7.61. The highest BCUT2D eigenvalue weighted by Gasteiger charge is 2.10. The fourth-order valence-electron chi connectivity index (χ4n) is 2.10. The predicted octanol–water partition coefficient (Wildman–Crippen LogP) is 2.38. The molecule has 0 aromatic carbocycles. The van der Waals surface area contributed by atoms with Gasteiger partial charge in [-0.2, -0.15) is 5.10 Å². The van der Waals surface area contributed by atoms with Crippen molar-refractivity contribution in [3.63, 3.8) is 0 Å². The summed E-state index contributed by atoms with van der Waals surface area (Å²) in [6, 6.07) is 0.644. The normalized spacial score (nSPS) is 13.3. The fraction of sp³-hybridized carbons (Fsp3) is 0.769. The molecule has 0 aliphatic heterocycles. The van der Waals surface area contributed by atoms with E-state index in [-0.39, 0.29) is 0 Å². The maximum atomic E-state index is 4.20. The molecular weight excluding hydrogens is 198 g/mol. The number of rotatable bonds is 7. The number of aromatic nitrogens is 2. The van der Waals surface area contributed by atoms with Crippen molar-refractivity contribution >= 4 is 0 Å². The van der Waals surface area contributed by atoms with Crippen LogP contribution in [0.15, 0.2) is 12.4 Å². The first kappa shape index (κ1) is 13.2. The second-order valence-corrected chi connectivity index (χ2v) is 4.95. The molecule has 0 saturated heterocycles. The average Bonchev–Trinajstić information content (AvgIpc) is 2.60.